The molecular weight excluding hydrogens is 256 g/mol. The molecule has 0 fully saturated rings. The van der Waals surface area contributed by atoms with Crippen LogP contribution < -0.4 is 5.73 Å². The highest BCUT2D eigenvalue weighted by Crippen LogP contribution is 2.28. The van der Waals surface area contributed by atoms with Gasteiger partial charge in [0.15, 0.2) is 0 Å². The minimum Gasteiger partial charge on any atom is -0.326 e. The van der Waals surface area contributed by atoms with E-state index < -0.39 is 11.6 Å². The molecule has 0 amide bonds. The first-order valence-corrected chi connectivity index (χ1v) is 5.85. The number of nitrogens with two attached hydrogens (primary N) is 1. The summed E-state index contributed by atoms with van der Waals surface area (Å²) in [7, 11) is 0. The van der Waals surface area contributed by atoms with E-state index in [1.54, 1.807) is 25.1 Å². The van der Waals surface area contributed by atoms with Crippen molar-refractivity contribution < 1.29 is 8.78 Å². The summed E-state index contributed by atoms with van der Waals surface area (Å²) in [6.45, 7) is 1.87. The predicted octanol–water partition coefficient (Wildman–Crippen LogP) is 4.05. The van der Waals surface area contributed by atoms with Gasteiger partial charge in [-0.05, 0) is 41.8 Å². The van der Waals surface area contributed by atoms with Crippen LogP contribution in [0.25, 0.3) is 11.1 Å². The Morgan fingerprint density at radius 3 is 2.50 bits per heavy atom. The Morgan fingerprint density at radius 1 is 1.11 bits per heavy atom. The molecule has 2 rings (SSSR count). The molecule has 0 heterocycles. The van der Waals surface area contributed by atoms with Crippen LogP contribution in [0.5, 0.6) is 0 Å². The van der Waals surface area contributed by atoms with Crippen molar-refractivity contribution in [2.45, 2.75) is 13.5 Å². The Hall–Kier alpha value is -1.45. The first-order chi connectivity index (χ1) is 8.52. The van der Waals surface area contributed by atoms with E-state index in [4.69, 9.17) is 17.3 Å². The molecule has 0 unspecified atom stereocenters. The summed E-state index contributed by atoms with van der Waals surface area (Å²) in [4.78, 5) is 0. The van der Waals surface area contributed by atoms with Crippen molar-refractivity contribution in [3.05, 3.63) is 58.1 Å². The average molecular weight is 268 g/mol. The van der Waals surface area contributed by atoms with Crippen LogP contribution in [0.1, 0.15) is 11.1 Å². The molecule has 2 aromatic carbocycles. The zero-order valence-electron chi connectivity index (χ0n) is 9.81. The molecule has 94 valence electrons. The molecular formula is C14H12ClF2N. The van der Waals surface area contributed by atoms with Gasteiger partial charge >= 0.3 is 0 Å². The van der Waals surface area contributed by atoms with Crippen LogP contribution in [0.3, 0.4) is 0 Å². The van der Waals surface area contributed by atoms with Crippen molar-refractivity contribution in [1.29, 1.82) is 0 Å². The zero-order valence-corrected chi connectivity index (χ0v) is 10.6. The third-order valence-electron chi connectivity index (χ3n) is 2.82. The lowest BCUT2D eigenvalue weighted by atomic mass is 10.0. The van der Waals surface area contributed by atoms with Crippen LogP contribution in [0.4, 0.5) is 8.78 Å². The summed E-state index contributed by atoms with van der Waals surface area (Å²) < 4.78 is 27.0. The van der Waals surface area contributed by atoms with Crippen molar-refractivity contribution in [2.75, 3.05) is 0 Å². The summed E-state index contributed by atoms with van der Waals surface area (Å²) in [5.41, 5.74) is 7.67. The van der Waals surface area contributed by atoms with Gasteiger partial charge in [0, 0.05) is 23.2 Å². The number of aryl methyl sites for hydroxylation is 1. The van der Waals surface area contributed by atoms with Gasteiger partial charge in [0.25, 0.3) is 0 Å². The Kier molecular flexibility index (Phi) is 3.64. The van der Waals surface area contributed by atoms with Crippen molar-refractivity contribution in [1.82, 2.24) is 0 Å². The van der Waals surface area contributed by atoms with Crippen molar-refractivity contribution >= 4 is 11.6 Å². The maximum atomic E-state index is 13.7. The van der Waals surface area contributed by atoms with Gasteiger partial charge in [-0.25, -0.2) is 8.78 Å². The first-order valence-electron chi connectivity index (χ1n) is 5.47. The fourth-order valence-electron chi connectivity index (χ4n) is 1.78. The van der Waals surface area contributed by atoms with Gasteiger partial charge in [-0.1, -0.05) is 17.7 Å². The standard InChI is InChI=1S/C14H12ClF2N/c1-8-4-11(14(17)6-13(8)16)9-2-3-12(15)10(5-9)7-18/h2-6H,7,18H2,1H3. The molecule has 0 aromatic heterocycles. The molecule has 18 heavy (non-hydrogen) atoms. The molecule has 0 aliphatic carbocycles. The molecule has 2 N–H and O–H groups in total. The van der Waals surface area contributed by atoms with Gasteiger partial charge in [0.2, 0.25) is 0 Å². The van der Waals surface area contributed by atoms with Crippen LogP contribution in [0.15, 0.2) is 30.3 Å². The lowest BCUT2D eigenvalue weighted by Gasteiger charge is -2.09. The molecule has 0 bridgehead atoms. The number of hydrogen-bond donors (Lipinski definition) is 1. The van der Waals surface area contributed by atoms with Crippen molar-refractivity contribution in [3.63, 3.8) is 0 Å². The van der Waals surface area contributed by atoms with E-state index in [-0.39, 0.29) is 6.54 Å². The topological polar surface area (TPSA) is 26.0 Å². The maximum Gasteiger partial charge on any atom is 0.133 e. The van der Waals surface area contributed by atoms with Gasteiger partial charge in [-0.15, -0.1) is 0 Å². The van der Waals surface area contributed by atoms with Crippen LogP contribution in [0.2, 0.25) is 5.02 Å². The van der Waals surface area contributed by atoms with Gasteiger partial charge in [0.1, 0.15) is 11.6 Å². The number of halogens is 3. The molecule has 0 aliphatic rings. The van der Waals surface area contributed by atoms with E-state index in [0.717, 1.165) is 11.6 Å². The van der Waals surface area contributed by atoms with Gasteiger partial charge in [-0.3, -0.25) is 0 Å². The van der Waals surface area contributed by atoms with E-state index in [9.17, 15) is 8.78 Å². The molecule has 0 aliphatic heterocycles. The molecule has 1 nitrogen and oxygen atoms in total. The molecule has 0 saturated carbocycles. The molecule has 4 heteroatoms. The Morgan fingerprint density at radius 2 is 1.83 bits per heavy atom. The summed E-state index contributed by atoms with van der Waals surface area (Å²) in [6.07, 6.45) is 0. The zero-order chi connectivity index (χ0) is 13.3. The number of hydrogen-bond acceptors (Lipinski definition) is 1. The van der Waals surface area contributed by atoms with Gasteiger partial charge < -0.3 is 5.73 Å². The Bertz CT molecular complexity index is 597. The smallest absolute Gasteiger partial charge is 0.133 e. The quantitative estimate of drug-likeness (QED) is 0.873. The Labute approximate surface area is 109 Å². The van der Waals surface area contributed by atoms with E-state index in [2.05, 4.69) is 0 Å². The van der Waals surface area contributed by atoms with Crippen LogP contribution in [0, 0.1) is 18.6 Å². The molecule has 0 atom stereocenters. The molecule has 0 spiro atoms. The summed E-state index contributed by atoms with van der Waals surface area (Å²) in [5, 5.41) is 0.542. The molecule has 0 radical (unpaired) electrons. The predicted molar refractivity (Wildman–Crippen MR) is 69.4 cm³/mol. The number of benzene rings is 2. The monoisotopic (exact) mass is 267 g/mol. The summed E-state index contributed by atoms with van der Waals surface area (Å²) in [5.74, 6) is -1.15. The van der Waals surface area contributed by atoms with Crippen molar-refractivity contribution in [3.8, 4) is 11.1 Å². The van der Waals surface area contributed by atoms with Gasteiger partial charge in [0.05, 0.1) is 0 Å². The highest BCUT2D eigenvalue weighted by atomic mass is 35.5. The SMILES string of the molecule is Cc1cc(-c2ccc(Cl)c(CN)c2)c(F)cc1F. The highest BCUT2D eigenvalue weighted by molar-refractivity contribution is 6.31. The van der Waals surface area contributed by atoms with Crippen LogP contribution in [-0.2, 0) is 6.54 Å². The lowest BCUT2D eigenvalue weighted by Crippen LogP contribution is -1.98. The van der Waals surface area contributed by atoms with Crippen LogP contribution in [-0.4, -0.2) is 0 Å². The second kappa shape index (κ2) is 5.04. The largest absolute Gasteiger partial charge is 0.326 e. The minimum absolute atomic E-state index is 0.272. The Balaban J connectivity index is 2.58. The van der Waals surface area contributed by atoms with Crippen molar-refractivity contribution in [2.24, 2.45) is 5.73 Å². The normalized spacial score (nSPS) is 10.7. The molecule has 2 aromatic rings. The van der Waals surface area contributed by atoms with E-state index in [0.29, 0.717) is 21.7 Å². The maximum absolute atomic E-state index is 13.7. The molecule has 0 saturated heterocycles. The van der Waals surface area contributed by atoms with Crippen LogP contribution >= 0.6 is 11.6 Å². The average Bonchev–Trinajstić information content (AvgIpc) is 2.35. The summed E-state index contributed by atoms with van der Waals surface area (Å²) in [6, 6.07) is 7.45. The van der Waals surface area contributed by atoms with E-state index in [1.165, 1.54) is 6.07 Å². The second-order valence-corrected chi connectivity index (χ2v) is 4.50. The summed E-state index contributed by atoms with van der Waals surface area (Å²) >= 11 is 5.95. The minimum atomic E-state index is -0.594. The van der Waals surface area contributed by atoms with E-state index >= 15 is 0 Å². The number of rotatable bonds is 2. The first kappa shape index (κ1) is 13.0. The highest BCUT2D eigenvalue weighted by Gasteiger charge is 2.10. The fraction of sp³-hybridized carbons (Fsp3) is 0.143. The fourth-order valence-corrected chi connectivity index (χ4v) is 1.97. The second-order valence-electron chi connectivity index (χ2n) is 4.09. The third kappa shape index (κ3) is 2.37. The lowest BCUT2D eigenvalue weighted by molar-refractivity contribution is 0.579. The van der Waals surface area contributed by atoms with Gasteiger partial charge in [-0.2, -0.15) is 0 Å². The third-order valence-corrected chi connectivity index (χ3v) is 3.19. The van der Waals surface area contributed by atoms with E-state index in [1.807, 2.05) is 0 Å².